The Labute approximate surface area is 178 Å². The van der Waals surface area contributed by atoms with Crippen molar-refractivity contribution in [2.45, 2.75) is 37.6 Å². The van der Waals surface area contributed by atoms with E-state index in [9.17, 15) is 22.4 Å². The SMILES string of the molecule is C[C@@]1(c2nc(CC(=O)c3ncc(C#N)cc3Cl)ccc2F)C[C@@H](C(F)(F)F)OC(N)=N1. The fourth-order valence-corrected chi connectivity index (χ4v) is 3.38. The number of rotatable bonds is 4. The first-order valence-corrected chi connectivity index (χ1v) is 9.14. The molecule has 3 rings (SSSR count). The van der Waals surface area contributed by atoms with E-state index >= 15 is 0 Å². The minimum absolute atomic E-state index is 0.0480. The van der Waals surface area contributed by atoms with Gasteiger partial charge in [-0.15, -0.1) is 0 Å². The normalized spacial score (nSPS) is 21.1. The summed E-state index contributed by atoms with van der Waals surface area (Å²) in [6.45, 7) is 1.25. The van der Waals surface area contributed by atoms with Gasteiger partial charge in [0.05, 0.1) is 17.0 Å². The summed E-state index contributed by atoms with van der Waals surface area (Å²) in [5.41, 5.74) is 3.33. The van der Waals surface area contributed by atoms with E-state index in [2.05, 4.69) is 19.7 Å². The molecule has 7 nitrogen and oxygen atoms in total. The van der Waals surface area contributed by atoms with Gasteiger partial charge in [0, 0.05) is 18.3 Å². The Kier molecular flexibility index (Phi) is 5.87. The lowest BCUT2D eigenvalue weighted by Gasteiger charge is -2.35. The number of aliphatic imine (C=N–C) groups is 1. The standard InChI is InChI=1S/C19H14ClF4N5O2/c1-18(6-14(19(22,23)24)31-17(26)29-18)16-12(21)3-2-10(28-16)5-13(30)15-11(20)4-9(7-25)8-27-15/h2-4,8,14H,5-6H2,1H3,(H2,26,29)/t14-,18-/m0/s1. The molecule has 0 saturated heterocycles. The predicted octanol–water partition coefficient (Wildman–Crippen LogP) is 3.45. The molecule has 0 amide bonds. The summed E-state index contributed by atoms with van der Waals surface area (Å²) >= 11 is 5.98. The van der Waals surface area contributed by atoms with Crippen LogP contribution in [0.15, 0.2) is 29.4 Å². The van der Waals surface area contributed by atoms with Crippen LogP contribution in [-0.4, -0.2) is 34.1 Å². The average molecular weight is 456 g/mol. The third kappa shape index (κ3) is 4.74. The molecular formula is C19H14ClF4N5O2. The van der Waals surface area contributed by atoms with Gasteiger partial charge in [0.1, 0.15) is 28.8 Å². The number of amidine groups is 1. The lowest BCUT2D eigenvalue weighted by Crippen LogP contribution is -2.46. The number of halogens is 5. The summed E-state index contributed by atoms with van der Waals surface area (Å²) in [5, 5.41) is 8.79. The van der Waals surface area contributed by atoms with Crippen molar-refractivity contribution < 1.29 is 27.1 Å². The third-order valence-corrected chi connectivity index (χ3v) is 4.85. The molecule has 2 N–H and O–H groups in total. The average Bonchev–Trinajstić information content (AvgIpc) is 2.67. The summed E-state index contributed by atoms with van der Waals surface area (Å²) in [5.74, 6) is -1.49. The smallest absolute Gasteiger partial charge is 0.425 e. The third-order valence-electron chi connectivity index (χ3n) is 4.56. The largest absolute Gasteiger partial charge is 0.452 e. The van der Waals surface area contributed by atoms with E-state index in [0.717, 1.165) is 6.07 Å². The molecular weight excluding hydrogens is 442 g/mol. The number of pyridine rings is 2. The van der Waals surface area contributed by atoms with Crippen LogP contribution in [0.4, 0.5) is 17.6 Å². The second-order valence-electron chi connectivity index (χ2n) is 6.98. The highest BCUT2D eigenvalue weighted by molar-refractivity contribution is 6.33. The molecule has 2 aromatic rings. The molecule has 0 radical (unpaired) electrons. The molecule has 0 aromatic carbocycles. The Hall–Kier alpha value is -3.26. The van der Waals surface area contributed by atoms with E-state index in [4.69, 9.17) is 22.6 Å². The van der Waals surface area contributed by atoms with Crippen molar-refractivity contribution in [3.05, 3.63) is 57.9 Å². The molecule has 0 unspecified atom stereocenters. The van der Waals surface area contributed by atoms with E-state index < -0.39 is 47.6 Å². The number of ketones is 1. The molecule has 2 aromatic heterocycles. The van der Waals surface area contributed by atoms with Crippen LogP contribution in [0, 0.1) is 17.1 Å². The zero-order chi connectivity index (χ0) is 23.0. The number of alkyl halides is 3. The van der Waals surface area contributed by atoms with Gasteiger partial charge in [-0.25, -0.2) is 9.38 Å². The van der Waals surface area contributed by atoms with Crippen LogP contribution in [0.5, 0.6) is 0 Å². The first-order chi connectivity index (χ1) is 14.4. The molecule has 3 heterocycles. The number of aromatic nitrogens is 2. The molecule has 1 aliphatic rings. The van der Waals surface area contributed by atoms with E-state index in [1.807, 2.05) is 6.07 Å². The van der Waals surface area contributed by atoms with Crippen LogP contribution >= 0.6 is 11.6 Å². The van der Waals surface area contributed by atoms with Gasteiger partial charge in [0.15, 0.2) is 11.9 Å². The van der Waals surface area contributed by atoms with Gasteiger partial charge in [0.2, 0.25) is 0 Å². The molecule has 0 aliphatic carbocycles. The van der Waals surface area contributed by atoms with Gasteiger partial charge < -0.3 is 10.5 Å². The number of nitrogens with two attached hydrogens (primary N) is 1. The monoisotopic (exact) mass is 455 g/mol. The lowest BCUT2D eigenvalue weighted by atomic mass is 9.89. The highest BCUT2D eigenvalue weighted by atomic mass is 35.5. The molecule has 31 heavy (non-hydrogen) atoms. The van der Waals surface area contributed by atoms with Gasteiger partial charge in [-0.1, -0.05) is 11.6 Å². The number of nitrogens with zero attached hydrogens (tertiary/aromatic N) is 4. The zero-order valence-electron chi connectivity index (χ0n) is 15.9. The van der Waals surface area contributed by atoms with E-state index in [-0.39, 0.29) is 28.4 Å². The Morgan fingerprint density at radius 3 is 2.77 bits per heavy atom. The minimum Gasteiger partial charge on any atom is -0.452 e. The van der Waals surface area contributed by atoms with Crippen LogP contribution in [0.25, 0.3) is 0 Å². The maximum atomic E-state index is 14.5. The van der Waals surface area contributed by atoms with Crippen molar-refractivity contribution in [2.75, 3.05) is 0 Å². The number of ether oxygens (including phenoxy) is 1. The Morgan fingerprint density at radius 1 is 1.45 bits per heavy atom. The Morgan fingerprint density at radius 2 is 2.16 bits per heavy atom. The maximum Gasteiger partial charge on any atom is 0.425 e. The number of carbonyl (C=O) groups is 1. The number of hydrogen-bond acceptors (Lipinski definition) is 7. The maximum absolute atomic E-state index is 14.5. The predicted molar refractivity (Wildman–Crippen MR) is 101 cm³/mol. The molecule has 1 aliphatic heterocycles. The van der Waals surface area contributed by atoms with Crippen LogP contribution in [0.3, 0.4) is 0 Å². The highest BCUT2D eigenvalue weighted by Gasteiger charge is 2.50. The summed E-state index contributed by atoms with van der Waals surface area (Å²) in [7, 11) is 0. The van der Waals surface area contributed by atoms with Crippen molar-refractivity contribution >= 4 is 23.4 Å². The van der Waals surface area contributed by atoms with Crippen molar-refractivity contribution in [1.82, 2.24) is 9.97 Å². The van der Waals surface area contributed by atoms with E-state index in [1.54, 1.807) is 0 Å². The number of carbonyl (C=O) groups excluding carboxylic acids is 1. The van der Waals surface area contributed by atoms with Crippen LogP contribution in [0.2, 0.25) is 5.02 Å². The van der Waals surface area contributed by atoms with Crippen molar-refractivity contribution in [2.24, 2.45) is 10.7 Å². The van der Waals surface area contributed by atoms with Crippen LogP contribution in [-0.2, 0) is 16.7 Å². The molecule has 162 valence electrons. The Bertz CT molecular complexity index is 1120. The second kappa shape index (κ2) is 8.11. The summed E-state index contributed by atoms with van der Waals surface area (Å²) < 4.78 is 58.6. The van der Waals surface area contributed by atoms with Crippen molar-refractivity contribution in [3.8, 4) is 6.07 Å². The first-order valence-electron chi connectivity index (χ1n) is 8.76. The summed E-state index contributed by atoms with van der Waals surface area (Å²) in [6.07, 6.45) is -6.98. The van der Waals surface area contributed by atoms with E-state index in [0.29, 0.717) is 0 Å². The van der Waals surface area contributed by atoms with Gasteiger partial charge in [-0.05, 0) is 25.1 Å². The summed E-state index contributed by atoms with van der Waals surface area (Å²) in [6, 6.07) is 4.55. The fourth-order valence-electron chi connectivity index (χ4n) is 3.11. The Balaban J connectivity index is 1.93. The molecule has 0 saturated carbocycles. The molecule has 2 atom stereocenters. The fraction of sp³-hybridized carbons (Fsp3) is 0.316. The number of nitriles is 1. The first kappa shape index (κ1) is 22.4. The van der Waals surface area contributed by atoms with Gasteiger partial charge in [-0.3, -0.25) is 14.8 Å². The van der Waals surface area contributed by atoms with Gasteiger partial charge in [0.25, 0.3) is 6.02 Å². The topological polar surface area (TPSA) is 114 Å². The highest BCUT2D eigenvalue weighted by Crippen LogP contribution is 2.40. The minimum atomic E-state index is -4.75. The lowest BCUT2D eigenvalue weighted by molar-refractivity contribution is -0.208. The van der Waals surface area contributed by atoms with Crippen LogP contribution in [0.1, 0.15) is 40.8 Å². The molecule has 0 bridgehead atoms. The molecule has 0 spiro atoms. The van der Waals surface area contributed by atoms with Gasteiger partial charge >= 0.3 is 6.18 Å². The van der Waals surface area contributed by atoms with E-state index in [1.165, 1.54) is 25.3 Å². The van der Waals surface area contributed by atoms with Gasteiger partial charge in [-0.2, -0.15) is 18.4 Å². The van der Waals surface area contributed by atoms with Crippen molar-refractivity contribution in [3.63, 3.8) is 0 Å². The second-order valence-corrected chi connectivity index (χ2v) is 7.38. The van der Waals surface area contributed by atoms with Crippen LogP contribution < -0.4 is 5.73 Å². The number of Topliss-reactive ketones (excluding diaryl/α,β-unsaturated/α-hetero) is 1. The molecule has 0 fully saturated rings. The quantitative estimate of drug-likeness (QED) is 0.558. The summed E-state index contributed by atoms with van der Waals surface area (Å²) in [4.78, 5) is 24.3. The zero-order valence-corrected chi connectivity index (χ0v) is 16.6. The molecule has 12 heteroatoms. The van der Waals surface area contributed by atoms with Crippen molar-refractivity contribution in [1.29, 1.82) is 5.26 Å². The number of hydrogen-bond donors (Lipinski definition) is 1.